The summed E-state index contributed by atoms with van der Waals surface area (Å²) >= 11 is 3.69. The summed E-state index contributed by atoms with van der Waals surface area (Å²) in [5.74, 6) is 2.41. The third-order valence-corrected chi connectivity index (χ3v) is 4.20. The van der Waals surface area contributed by atoms with Gasteiger partial charge in [-0.05, 0) is 56.8 Å². The minimum absolute atomic E-state index is 0.407. The van der Waals surface area contributed by atoms with E-state index in [0.717, 1.165) is 28.4 Å². The first kappa shape index (κ1) is 15.6. The van der Waals surface area contributed by atoms with Crippen molar-refractivity contribution in [1.82, 2.24) is 5.32 Å². The highest BCUT2D eigenvalue weighted by atomic mass is 79.9. The molecule has 2 rings (SSSR count). The monoisotopic (exact) mass is 341 g/mol. The van der Waals surface area contributed by atoms with E-state index in [-0.39, 0.29) is 0 Å². The van der Waals surface area contributed by atoms with Crippen LogP contribution < -0.4 is 14.8 Å². The Morgan fingerprint density at radius 1 is 1.15 bits per heavy atom. The largest absolute Gasteiger partial charge is 0.490 e. The molecule has 0 aliphatic heterocycles. The molecule has 0 heterocycles. The second-order valence-corrected chi connectivity index (χ2v) is 5.91. The molecule has 0 radical (unpaired) electrons. The fraction of sp³-hybridized carbons (Fsp3) is 0.625. The van der Waals surface area contributed by atoms with Gasteiger partial charge in [0.15, 0.2) is 11.5 Å². The molecule has 20 heavy (non-hydrogen) atoms. The first-order chi connectivity index (χ1) is 9.71. The zero-order valence-electron chi connectivity index (χ0n) is 12.5. The van der Waals surface area contributed by atoms with Gasteiger partial charge in [0.2, 0.25) is 0 Å². The highest BCUT2D eigenvalue weighted by molar-refractivity contribution is 9.10. The summed E-state index contributed by atoms with van der Waals surface area (Å²) in [5.41, 5.74) is 1.28. The quantitative estimate of drug-likeness (QED) is 0.764. The van der Waals surface area contributed by atoms with E-state index in [2.05, 4.69) is 34.2 Å². The van der Waals surface area contributed by atoms with E-state index in [0.29, 0.717) is 19.3 Å². The lowest BCUT2D eigenvalue weighted by Crippen LogP contribution is -2.23. The molecule has 1 unspecified atom stereocenters. The fourth-order valence-corrected chi connectivity index (χ4v) is 3.07. The van der Waals surface area contributed by atoms with Crippen LogP contribution in [0.15, 0.2) is 16.6 Å². The smallest absolute Gasteiger partial charge is 0.162 e. The van der Waals surface area contributed by atoms with E-state index < -0.39 is 0 Å². The van der Waals surface area contributed by atoms with Gasteiger partial charge in [-0.1, -0.05) is 22.9 Å². The average molecular weight is 342 g/mol. The summed E-state index contributed by atoms with van der Waals surface area (Å²) in [4.78, 5) is 0. The molecule has 3 nitrogen and oxygen atoms in total. The average Bonchev–Trinajstić information content (AvgIpc) is 3.24. The third-order valence-electron chi connectivity index (χ3n) is 3.52. The molecule has 4 heteroatoms. The number of hydrogen-bond donors (Lipinski definition) is 1. The first-order valence-electron chi connectivity index (χ1n) is 7.53. The van der Waals surface area contributed by atoms with E-state index in [1.165, 1.54) is 18.4 Å². The molecule has 1 fully saturated rings. The Labute approximate surface area is 130 Å². The van der Waals surface area contributed by atoms with Crippen LogP contribution in [-0.2, 0) is 0 Å². The van der Waals surface area contributed by atoms with E-state index in [1.54, 1.807) is 0 Å². The van der Waals surface area contributed by atoms with Crippen LogP contribution in [0.4, 0.5) is 0 Å². The molecule has 1 atom stereocenters. The van der Waals surface area contributed by atoms with E-state index in [4.69, 9.17) is 9.47 Å². The van der Waals surface area contributed by atoms with Crippen LogP contribution in [0.5, 0.6) is 11.5 Å². The van der Waals surface area contributed by atoms with Crippen LogP contribution in [0.1, 0.15) is 45.2 Å². The molecule has 0 bridgehead atoms. The van der Waals surface area contributed by atoms with Gasteiger partial charge in [0.1, 0.15) is 0 Å². The Morgan fingerprint density at radius 3 is 2.25 bits per heavy atom. The lowest BCUT2D eigenvalue weighted by Gasteiger charge is -2.21. The standard InChI is InChI=1S/C16H24BrNO2/c1-4-18-16(11-7-8-11)12-9-14(19-5-2)15(20-6-3)10-13(12)17/h9-11,16,18H,4-8H2,1-3H3. The van der Waals surface area contributed by atoms with Gasteiger partial charge in [-0.15, -0.1) is 0 Å². The minimum Gasteiger partial charge on any atom is -0.490 e. The molecule has 1 aliphatic carbocycles. The number of ether oxygens (including phenoxy) is 2. The van der Waals surface area contributed by atoms with Crippen molar-refractivity contribution < 1.29 is 9.47 Å². The lowest BCUT2D eigenvalue weighted by molar-refractivity contribution is 0.286. The molecule has 0 amide bonds. The number of hydrogen-bond acceptors (Lipinski definition) is 3. The van der Waals surface area contributed by atoms with Gasteiger partial charge in [0.25, 0.3) is 0 Å². The van der Waals surface area contributed by atoms with Crippen molar-refractivity contribution in [1.29, 1.82) is 0 Å². The summed E-state index contributed by atoms with van der Waals surface area (Å²) in [7, 11) is 0. The third kappa shape index (κ3) is 3.67. The zero-order chi connectivity index (χ0) is 14.5. The molecular formula is C16H24BrNO2. The van der Waals surface area contributed by atoms with Gasteiger partial charge in [-0.3, -0.25) is 0 Å². The van der Waals surface area contributed by atoms with Crippen molar-refractivity contribution >= 4 is 15.9 Å². The maximum Gasteiger partial charge on any atom is 0.162 e. The van der Waals surface area contributed by atoms with Crippen molar-refractivity contribution in [3.05, 3.63) is 22.2 Å². The van der Waals surface area contributed by atoms with Crippen LogP contribution in [0.3, 0.4) is 0 Å². The van der Waals surface area contributed by atoms with Crippen molar-refractivity contribution in [2.45, 2.75) is 39.7 Å². The molecule has 0 spiro atoms. The first-order valence-corrected chi connectivity index (χ1v) is 8.32. The van der Waals surface area contributed by atoms with Crippen molar-refractivity contribution in [2.75, 3.05) is 19.8 Å². The summed E-state index contributed by atoms with van der Waals surface area (Å²) in [6.07, 6.45) is 2.61. The van der Waals surface area contributed by atoms with Crippen LogP contribution in [0, 0.1) is 5.92 Å². The van der Waals surface area contributed by atoms with Crippen molar-refractivity contribution in [2.24, 2.45) is 5.92 Å². The number of nitrogens with one attached hydrogen (secondary N) is 1. The van der Waals surface area contributed by atoms with Crippen molar-refractivity contribution in [3.8, 4) is 11.5 Å². The molecular weight excluding hydrogens is 318 g/mol. The van der Waals surface area contributed by atoms with Gasteiger partial charge in [-0.25, -0.2) is 0 Å². The van der Waals surface area contributed by atoms with Gasteiger partial charge in [0, 0.05) is 10.5 Å². The number of rotatable bonds is 8. The molecule has 0 aromatic heterocycles. The molecule has 112 valence electrons. The molecule has 0 saturated heterocycles. The van der Waals surface area contributed by atoms with E-state index in [1.807, 2.05) is 19.9 Å². The van der Waals surface area contributed by atoms with Crippen LogP contribution >= 0.6 is 15.9 Å². The Balaban J connectivity index is 2.33. The Bertz CT molecular complexity index is 446. The molecule has 1 N–H and O–H groups in total. The number of benzene rings is 1. The fourth-order valence-electron chi connectivity index (χ4n) is 2.51. The summed E-state index contributed by atoms with van der Waals surface area (Å²) in [6.45, 7) is 8.41. The van der Waals surface area contributed by atoms with Gasteiger partial charge >= 0.3 is 0 Å². The van der Waals surface area contributed by atoms with Crippen molar-refractivity contribution in [3.63, 3.8) is 0 Å². The Morgan fingerprint density at radius 2 is 1.75 bits per heavy atom. The predicted octanol–water partition coefficient (Wildman–Crippen LogP) is 4.31. The normalized spacial score (nSPS) is 16.0. The van der Waals surface area contributed by atoms with Crippen LogP contribution in [-0.4, -0.2) is 19.8 Å². The predicted molar refractivity (Wildman–Crippen MR) is 85.6 cm³/mol. The molecule has 1 saturated carbocycles. The van der Waals surface area contributed by atoms with Gasteiger partial charge in [-0.2, -0.15) is 0 Å². The molecule has 1 aromatic carbocycles. The maximum absolute atomic E-state index is 5.74. The summed E-state index contributed by atoms with van der Waals surface area (Å²) in [6, 6.07) is 4.57. The highest BCUT2D eigenvalue weighted by Gasteiger charge is 2.33. The van der Waals surface area contributed by atoms with E-state index in [9.17, 15) is 0 Å². The van der Waals surface area contributed by atoms with E-state index >= 15 is 0 Å². The zero-order valence-corrected chi connectivity index (χ0v) is 14.1. The molecule has 1 aromatic rings. The summed E-state index contributed by atoms with van der Waals surface area (Å²) in [5, 5.41) is 3.60. The topological polar surface area (TPSA) is 30.5 Å². The molecule has 1 aliphatic rings. The number of halogens is 1. The minimum atomic E-state index is 0.407. The summed E-state index contributed by atoms with van der Waals surface area (Å²) < 4.78 is 12.5. The Kier molecular flexibility index (Phi) is 5.73. The second-order valence-electron chi connectivity index (χ2n) is 5.06. The van der Waals surface area contributed by atoms with Crippen LogP contribution in [0.2, 0.25) is 0 Å². The highest BCUT2D eigenvalue weighted by Crippen LogP contribution is 2.45. The Hall–Kier alpha value is -0.740. The maximum atomic E-state index is 5.74. The van der Waals surface area contributed by atoms with Crippen LogP contribution in [0.25, 0.3) is 0 Å². The second kappa shape index (κ2) is 7.32. The lowest BCUT2D eigenvalue weighted by atomic mass is 10.0. The van der Waals surface area contributed by atoms with Gasteiger partial charge < -0.3 is 14.8 Å². The van der Waals surface area contributed by atoms with Gasteiger partial charge in [0.05, 0.1) is 13.2 Å². The SMILES string of the molecule is CCNC(c1cc(OCC)c(OCC)cc1Br)C1CC1.